The van der Waals surface area contributed by atoms with Crippen LogP contribution < -0.4 is 58.9 Å². The summed E-state index contributed by atoms with van der Waals surface area (Å²) >= 11 is 0.606. The fourth-order valence-electron chi connectivity index (χ4n) is 16.0. The van der Waals surface area contributed by atoms with Crippen molar-refractivity contribution in [3.05, 3.63) is 173 Å². The molecule has 0 saturated carbocycles. The van der Waals surface area contributed by atoms with Crippen LogP contribution in [0.3, 0.4) is 0 Å². The molecular formula is C91H114F3N17O22S. The highest BCUT2D eigenvalue weighted by Gasteiger charge is 2.48. The molecule has 3 fully saturated rings. The number of aliphatic hydroxyl groups excluding tert-OH is 2. The molecule has 15 amide bonds. The van der Waals surface area contributed by atoms with Crippen molar-refractivity contribution in [1.82, 2.24) is 82.7 Å². The number of likely N-dealkylation sites (N-methyl/N-ethyl adjacent to an activating group) is 3. The number of thioether (sulfide) groups is 1. The number of halogens is 3. The second kappa shape index (κ2) is 49.8. The summed E-state index contributed by atoms with van der Waals surface area (Å²) in [4.78, 5) is 257. The van der Waals surface area contributed by atoms with Crippen molar-refractivity contribution in [2.24, 2.45) is 11.7 Å². The first-order valence-electron chi connectivity index (χ1n) is 43.7. The zero-order chi connectivity index (χ0) is 97.7. The number of ether oxygens (including phenoxy) is 1. The smallest absolute Gasteiger partial charge is 0.303 e. The van der Waals surface area contributed by atoms with Crippen molar-refractivity contribution in [1.29, 1.82) is 0 Å². The number of carboxylic acid groups (broad SMARTS) is 1. The zero-order valence-electron chi connectivity index (χ0n) is 74.7. The number of primary amides is 1. The molecule has 1 aromatic heterocycles. The lowest BCUT2D eigenvalue weighted by Gasteiger charge is -2.38. The molecule has 3 aliphatic heterocycles. The Hall–Kier alpha value is -13.6. The van der Waals surface area contributed by atoms with E-state index < -0.39 is 284 Å². The van der Waals surface area contributed by atoms with Crippen molar-refractivity contribution in [2.45, 2.75) is 182 Å². The lowest BCUT2D eigenvalue weighted by atomic mass is 9.98. The van der Waals surface area contributed by atoms with Crippen LogP contribution in [0.25, 0.3) is 10.9 Å². The molecule has 0 unspecified atom stereocenters. The number of nitrogens with one attached hydrogen (secondary N) is 11. The number of nitrogens with two attached hydrogens (primary N) is 1. The van der Waals surface area contributed by atoms with Crippen LogP contribution in [0, 0.1) is 23.4 Å². The van der Waals surface area contributed by atoms with Gasteiger partial charge in [0.1, 0.15) is 90.9 Å². The number of fused-ring (bicyclic) bond motifs is 3. The molecule has 0 bridgehead atoms. The minimum absolute atomic E-state index is 0.0151. The van der Waals surface area contributed by atoms with E-state index in [4.69, 9.17) is 10.5 Å². The first kappa shape index (κ1) is 104. The van der Waals surface area contributed by atoms with E-state index in [0.717, 1.165) is 31.5 Å². The third-order valence-corrected chi connectivity index (χ3v) is 24.4. The summed E-state index contributed by atoms with van der Waals surface area (Å²) < 4.78 is 50.1. The van der Waals surface area contributed by atoms with Gasteiger partial charge in [-0.05, 0) is 83.3 Å². The highest BCUT2D eigenvalue weighted by Crippen LogP contribution is 2.28. The molecule has 9 rings (SSSR count). The summed E-state index contributed by atoms with van der Waals surface area (Å²) in [5.41, 5.74) is 7.17. The number of piperazine rings is 1. The first-order chi connectivity index (χ1) is 63.9. The number of unbranched alkanes of at least 4 members (excludes halogenated alkanes) is 1. The van der Waals surface area contributed by atoms with E-state index >= 15 is 51.9 Å². The van der Waals surface area contributed by atoms with Crippen molar-refractivity contribution in [3.63, 3.8) is 0 Å². The van der Waals surface area contributed by atoms with Crippen LogP contribution in [0.5, 0.6) is 5.75 Å². The Balaban J connectivity index is 1.14. The Morgan fingerprint density at radius 2 is 1.14 bits per heavy atom. The fourth-order valence-corrected chi connectivity index (χ4v) is 16.9. The molecule has 17 N–H and O–H groups in total. The number of hydrogen-bond donors (Lipinski definition) is 16. The summed E-state index contributed by atoms with van der Waals surface area (Å²) in [6.45, 7) is 1.06. The monoisotopic (exact) mass is 1890 g/mol. The van der Waals surface area contributed by atoms with Gasteiger partial charge in [-0.15, -0.1) is 11.8 Å². The number of rotatable bonds is 25. The van der Waals surface area contributed by atoms with Gasteiger partial charge in [0.2, 0.25) is 88.6 Å². The molecule has 0 aliphatic carbocycles. The number of benzene rings is 5. The van der Waals surface area contributed by atoms with E-state index in [1.165, 1.54) is 52.2 Å². The number of aromatic hydroxyl groups is 1. The van der Waals surface area contributed by atoms with Crippen molar-refractivity contribution >= 4 is 124 Å². The van der Waals surface area contributed by atoms with Gasteiger partial charge < -0.3 is 114 Å². The largest absolute Gasteiger partial charge is 0.508 e. The molecule has 3 aliphatic rings. The van der Waals surface area contributed by atoms with Crippen LogP contribution in [0.2, 0.25) is 0 Å². The Morgan fingerprint density at radius 1 is 0.582 bits per heavy atom. The highest BCUT2D eigenvalue weighted by molar-refractivity contribution is 8.00. The van der Waals surface area contributed by atoms with Crippen LogP contribution >= 0.6 is 11.8 Å². The number of aliphatic hydroxyl groups is 2. The summed E-state index contributed by atoms with van der Waals surface area (Å²) in [5, 5.41) is 68.9. The molecule has 43 heteroatoms. The predicted molar refractivity (Wildman–Crippen MR) is 478 cm³/mol. The number of aromatic amines is 1. The second-order valence-corrected chi connectivity index (χ2v) is 34.4. The van der Waals surface area contributed by atoms with E-state index in [0.29, 0.717) is 57.9 Å². The minimum atomic E-state index is -1.92. The number of phenolic OH excluding ortho intramolecular Hbond substituents is 1. The maximum atomic E-state index is 15.7. The number of phenols is 1. The van der Waals surface area contributed by atoms with Gasteiger partial charge in [-0.2, -0.15) is 0 Å². The lowest BCUT2D eigenvalue weighted by molar-refractivity contribution is -0.152. The molecule has 3 saturated heterocycles. The first-order valence-corrected chi connectivity index (χ1v) is 44.8. The summed E-state index contributed by atoms with van der Waals surface area (Å²) in [6, 6.07) is 7.23. The summed E-state index contributed by atoms with van der Waals surface area (Å²) in [6.07, 6.45) is -4.07. The maximum Gasteiger partial charge on any atom is 0.303 e. The van der Waals surface area contributed by atoms with E-state index in [-0.39, 0.29) is 69.5 Å². The Labute approximate surface area is 773 Å². The topological polar surface area (TPSA) is 559 Å². The van der Waals surface area contributed by atoms with Crippen LogP contribution in [-0.2, 0) is 118 Å². The van der Waals surface area contributed by atoms with Crippen LogP contribution in [0.4, 0.5) is 13.2 Å². The molecule has 4 heterocycles. The SMILES string of the molecule is CCCC[C@H]1C(=O)N2C[C@H](O)C[C@@H]2C(=O)N[C@@H](COC=O)C(=O)N[C@@H](C(C)C)C(=O)N(C)[C@@H](Cc2ccccc2)C(=O)N[C@@H](CCC(=O)O)C(=O)N2CCNC[C@@H]2C(=O)N[C@@H](Cc2c[nH]c3ccccc23)C(=O)N[C@@H](Cc2ccc(O)cc2)C(=O)N[C@@H](CCO)C(=O)N[C@H](C(=O)NCC(N)=O)CSCC(=O)N[C@@H](Cc2cc(F)c(F)c(F)c2)C(=O)N(C)[C@@H](Cc2ccccc2)C(=O)N1C. The molecule has 0 spiro atoms. The number of amides is 15. The van der Waals surface area contributed by atoms with E-state index in [1.54, 1.807) is 98.0 Å². The maximum absolute atomic E-state index is 15.7. The van der Waals surface area contributed by atoms with E-state index in [1.807, 2.05) is 0 Å². The van der Waals surface area contributed by atoms with Gasteiger partial charge in [0.25, 0.3) is 6.47 Å². The summed E-state index contributed by atoms with van der Waals surface area (Å²) in [7, 11) is 3.60. The number of carbonyl (C=O) groups is 17. The number of aliphatic carboxylic acids is 1. The van der Waals surface area contributed by atoms with Gasteiger partial charge in [0.05, 0.1) is 18.4 Å². The van der Waals surface area contributed by atoms with Gasteiger partial charge in [-0.25, -0.2) is 13.2 Å². The number of para-hydroxylation sites is 1. The number of hydrogen-bond acceptors (Lipinski definition) is 23. The molecule has 134 heavy (non-hydrogen) atoms. The highest BCUT2D eigenvalue weighted by atomic mass is 32.2. The molecule has 722 valence electrons. The van der Waals surface area contributed by atoms with E-state index in [2.05, 4.69) is 58.2 Å². The Morgan fingerprint density at radius 3 is 1.77 bits per heavy atom. The third-order valence-electron chi connectivity index (χ3n) is 23.3. The number of H-pyrrole nitrogens is 1. The predicted octanol–water partition coefficient (Wildman–Crippen LogP) is -1.46. The quantitative estimate of drug-likeness (QED) is 0.0230. The van der Waals surface area contributed by atoms with E-state index in [9.17, 15) is 63.2 Å². The standard InChI is InChI=1S/C91H114F3N17O22S/c1-7-8-23-69-90(131)111-45-57(115)41-71(111)85(126)104-67(46-133-49-113)83(124)106-78(50(2)3)91(132)108(5)70(38-51-17-11-9-12-18-51)84(125)101-63(28-29-76(118)119)88(129)110-32-31-96-43-73(110)86(127)103-65(40-55-42-97-61-22-16-15-21-58(55)61)82(123)102-64(36-53-24-26-56(114)27-25-53)81(122)100-62(30-33-112)80(121)105-68(79(120)98-44-74(95)116)47-134-48-75(117)99-66(37-54-34-59(92)77(94)60(93)35-54)87(128)109(6)72(89(130)107(69)4)39-52-19-13-10-14-20-52/h9-22,24-27,34-35,42,49-50,57,62-73,78,96-97,112,114-115H,7-8,23,28-33,36-41,43-48H2,1-6H3,(H2,95,116)(H,98,120)(H,99,117)(H,100,122)(H,101,125)(H,102,123)(H,103,127)(H,104,126)(H,105,121)(H,106,124)(H,118,119)/t57-,62+,63+,64+,65+,66+,67+,68+,69+,70+,71-,72+,73-,78+/m1/s1. The van der Waals surface area contributed by atoms with Gasteiger partial charge >= 0.3 is 5.97 Å². The van der Waals surface area contributed by atoms with Gasteiger partial charge in [-0.1, -0.05) is 125 Å². The molecule has 14 atom stereocenters. The normalized spacial score (nSPS) is 24.1. The van der Waals surface area contributed by atoms with Crippen molar-refractivity contribution in [2.75, 3.05) is 78.6 Å². The average Bonchev–Trinajstić information content (AvgIpc) is 1.48. The fraction of sp³-hybridized carbons (Fsp3) is 0.462. The van der Waals surface area contributed by atoms with Crippen molar-refractivity contribution in [3.8, 4) is 5.75 Å². The Kier molecular flexibility index (Phi) is 38.7. The molecule has 6 aromatic rings. The van der Waals surface area contributed by atoms with Crippen LogP contribution in [0.1, 0.15) is 93.5 Å². The van der Waals surface area contributed by atoms with Gasteiger partial charge in [-0.3, -0.25) is 81.5 Å². The molecule has 0 radical (unpaired) electrons. The zero-order valence-corrected chi connectivity index (χ0v) is 75.5. The number of carboxylic acids is 1. The molecular weight excluding hydrogens is 1770 g/mol. The van der Waals surface area contributed by atoms with Crippen molar-refractivity contribution < 1.29 is 120 Å². The minimum Gasteiger partial charge on any atom is -0.508 e. The summed E-state index contributed by atoms with van der Waals surface area (Å²) in [5.74, 6) is -25.1. The average molecular weight is 1890 g/mol. The second-order valence-electron chi connectivity index (χ2n) is 33.4. The molecule has 5 aromatic carbocycles. The van der Waals surface area contributed by atoms with Gasteiger partial charge in [0.15, 0.2) is 17.5 Å². The number of carbonyl (C=O) groups excluding carboxylic acids is 16. The molecule has 39 nitrogen and oxygen atoms in total. The number of nitrogens with zero attached hydrogens (tertiary/aromatic N) is 5. The Bertz CT molecular complexity index is 5180. The van der Waals surface area contributed by atoms with Gasteiger partial charge in [0, 0.05) is 122 Å². The van der Waals surface area contributed by atoms with Crippen LogP contribution in [0.15, 0.2) is 128 Å². The number of aromatic nitrogens is 1. The van der Waals surface area contributed by atoms with Crippen LogP contribution in [-0.4, -0.2) is 314 Å². The third kappa shape index (κ3) is 28.7. The lowest BCUT2D eigenvalue weighted by Crippen LogP contribution is -2.65.